The number of hydrogen-bond acceptors (Lipinski definition) is 2. The molecule has 4 heteroatoms. The number of pyridine rings is 1. The van der Waals surface area contributed by atoms with Gasteiger partial charge in [-0.15, -0.1) is 0 Å². The van der Waals surface area contributed by atoms with E-state index in [9.17, 15) is 4.39 Å². The highest BCUT2D eigenvalue weighted by molar-refractivity contribution is 5.52. The summed E-state index contributed by atoms with van der Waals surface area (Å²) in [5.74, 6) is 0. The Bertz CT molecular complexity index is 692. The van der Waals surface area contributed by atoms with Crippen molar-refractivity contribution in [2.45, 2.75) is 13.2 Å². The molecular weight excluding hydrogens is 253 g/mol. The molecule has 0 aliphatic carbocycles. The summed E-state index contributed by atoms with van der Waals surface area (Å²) in [6.45, 7) is 0.165. The van der Waals surface area contributed by atoms with Crippen LogP contribution in [0.5, 0.6) is 0 Å². The van der Waals surface area contributed by atoms with Crippen LogP contribution in [0.15, 0.2) is 61.2 Å². The number of rotatable bonds is 4. The van der Waals surface area contributed by atoms with Gasteiger partial charge in [0.15, 0.2) is 0 Å². The second-order valence-corrected chi connectivity index (χ2v) is 4.55. The van der Waals surface area contributed by atoms with Gasteiger partial charge in [-0.2, -0.15) is 0 Å². The minimum absolute atomic E-state index is 0.446. The number of imidazole rings is 1. The summed E-state index contributed by atoms with van der Waals surface area (Å²) in [7, 11) is 0. The molecule has 0 fully saturated rings. The van der Waals surface area contributed by atoms with Gasteiger partial charge in [0.25, 0.3) is 0 Å². The van der Waals surface area contributed by atoms with Crippen LogP contribution in [0, 0.1) is 0 Å². The predicted molar refractivity (Wildman–Crippen MR) is 75.8 cm³/mol. The molecule has 0 amide bonds. The lowest BCUT2D eigenvalue weighted by Crippen LogP contribution is -1.99. The summed E-state index contributed by atoms with van der Waals surface area (Å²) >= 11 is 0. The second-order valence-electron chi connectivity index (χ2n) is 4.55. The molecule has 0 aliphatic rings. The zero-order valence-electron chi connectivity index (χ0n) is 10.9. The first-order valence-corrected chi connectivity index (χ1v) is 6.43. The Balaban J connectivity index is 1.84. The highest BCUT2D eigenvalue weighted by Gasteiger charge is 2.05. The summed E-state index contributed by atoms with van der Waals surface area (Å²) in [6, 6.07) is 13.2. The Morgan fingerprint density at radius 1 is 0.900 bits per heavy atom. The van der Waals surface area contributed by atoms with Gasteiger partial charge in [-0.05, 0) is 23.3 Å². The number of alkyl halides is 1. The van der Waals surface area contributed by atoms with Gasteiger partial charge in [-0.3, -0.25) is 4.98 Å². The number of benzene rings is 1. The molecular formula is C16H14FN3. The van der Waals surface area contributed by atoms with E-state index >= 15 is 0 Å². The van der Waals surface area contributed by atoms with Crippen molar-refractivity contribution >= 4 is 0 Å². The quantitative estimate of drug-likeness (QED) is 0.724. The maximum Gasteiger partial charge on any atom is 0.115 e. The van der Waals surface area contributed by atoms with E-state index in [1.807, 2.05) is 53.2 Å². The van der Waals surface area contributed by atoms with Crippen LogP contribution in [0.3, 0.4) is 0 Å². The van der Waals surface area contributed by atoms with Gasteiger partial charge in [0.1, 0.15) is 12.4 Å². The van der Waals surface area contributed by atoms with Crippen molar-refractivity contribution in [2.75, 3.05) is 0 Å². The number of halogens is 1. The van der Waals surface area contributed by atoms with E-state index < -0.39 is 6.67 Å². The summed E-state index contributed by atoms with van der Waals surface area (Å²) in [6.07, 6.45) is 5.42. The van der Waals surface area contributed by atoms with Gasteiger partial charge in [0.2, 0.25) is 0 Å². The molecule has 0 radical (unpaired) electrons. The van der Waals surface area contributed by atoms with E-state index in [0.717, 1.165) is 22.5 Å². The molecule has 3 rings (SSSR count). The van der Waals surface area contributed by atoms with Gasteiger partial charge in [0.05, 0.1) is 12.0 Å². The van der Waals surface area contributed by atoms with E-state index in [1.54, 1.807) is 12.5 Å². The average molecular weight is 267 g/mol. The number of hydrogen-bond donors (Lipinski definition) is 0. The van der Waals surface area contributed by atoms with E-state index in [2.05, 4.69) is 9.97 Å². The lowest BCUT2D eigenvalue weighted by atomic mass is 10.1. The fourth-order valence-corrected chi connectivity index (χ4v) is 2.13. The van der Waals surface area contributed by atoms with Gasteiger partial charge in [-0.1, -0.05) is 30.3 Å². The molecule has 20 heavy (non-hydrogen) atoms. The molecule has 0 spiro atoms. The third-order valence-electron chi connectivity index (χ3n) is 3.18. The molecule has 0 unspecified atom stereocenters. The third-order valence-corrected chi connectivity index (χ3v) is 3.18. The molecule has 0 saturated carbocycles. The van der Waals surface area contributed by atoms with Gasteiger partial charge in [-0.25, -0.2) is 9.37 Å². The molecule has 3 nitrogen and oxygen atoms in total. The van der Waals surface area contributed by atoms with Crippen molar-refractivity contribution in [1.29, 1.82) is 0 Å². The highest BCUT2D eigenvalue weighted by Crippen LogP contribution is 2.16. The first-order valence-electron chi connectivity index (χ1n) is 6.43. The molecule has 2 heterocycles. The Kier molecular flexibility index (Phi) is 3.54. The Morgan fingerprint density at radius 2 is 1.70 bits per heavy atom. The third kappa shape index (κ3) is 2.59. The average Bonchev–Trinajstić information content (AvgIpc) is 2.97. The van der Waals surface area contributed by atoms with Crippen molar-refractivity contribution in [3.63, 3.8) is 0 Å². The van der Waals surface area contributed by atoms with Crippen LogP contribution in [0.4, 0.5) is 4.39 Å². The van der Waals surface area contributed by atoms with Gasteiger partial charge < -0.3 is 4.57 Å². The maximum absolute atomic E-state index is 12.9. The molecule has 0 bridgehead atoms. The van der Waals surface area contributed by atoms with E-state index in [4.69, 9.17) is 0 Å². The van der Waals surface area contributed by atoms with Crippen LogP contribution < -0.4 is 0 Å². The molecule has 1 aromatic carbocycles. The largest absolute Gasteiger partial charge is 0.332 e. The highest BCUT2D eigenvalue weighted by atomic mass is 19.1. The zero-order chi connectivity index (χ0) is 13.8. The fourth-order valence-electron chi connectivity index (χ4n) is 2.13. The van der Waals surface area contributed by atoms with Gasteiger partial charge in [0, 0.05) is 18.9 Å². The Hall–Kier alpha value is -2.49. The minimum Gasteiger partial charge on any atom is -0.332 e. The molecule has 0 atom stereocenters. The predicted octanol–water partition coefficient (Wildman–Crippen LogP) is 3.46. The molecule has 0 N–H and O–H groups in total. The lowest BCUT2D eigenvalue weighted by Gasteiger charge is -2.06. The molecule has 100 valence electrons. The van der Waals surface area contributed by atoms with Crippen LogP contribution in [0.2, 0.25) is 0 Å². The molecule has 0 aliphatic heterocycles. The fraction of sp³-hybridized carbons (Fsp3) is 0.125. The number of aromatic nitrogens is 3. The maximum atomic E-state index is 12.9. The SMILES string of the molecule is FCc1ccccc1Cn1cnc(-c2ccccn2)c1. The standard InChI is InChI=1S/C16H14FN3/c17-9-13-5-1-2-6-14(13)10-20-11-16(19-12-20)15-7-3-4-8-18-15/h1-8,11-12H,9-10H2. The van der Waals surface area contributed by atoms with Gasteiger partial charge >= 0.3 is 0 Å². The van der Waals surface area contributed by atoms with Crippen molar-refractivity contribution in [3.05, 3.63) is 72.3 Å². The summed E-state index contributed by atoms with van der Waals surface area (Å²) in [5.41, 5.74) is 3.36. The van der Waals surface area contributed by atoms with Crippen molar-refractivity contribution in [2.24, 2.45) is 0 Å². The first-order chi connectivity index (χ1) is 9.86. The number of nitrogens with zero attached hydrogens (tertiary/aromatic N) is 3. The lowest BCUT2D eigenvalue weighted by molar-refractivity contribution is 0.481. The smallest absolute Gasteiger partial charge is 0.115 e. The van der Waals surface area contributed by atoms with Crippen LogP contribution in [0.1, 0.15) is 11.1 Å². The summed E-state index contributed by atoms with van der Waals surface area (Å²) in [5, 5.41) is 0. The first kappa shape index (κ1) is 12.5. The van der Waals surface area contributed by atoms with E-state index in [0.29, 0.717) is 6.54 Å². The van der Waals surface area contributed by atoms with Crippen LogP contribution in [-0.4, -0.2) is 14.5 Å². The normalized spacial score (nSPS) is 10.7. The second kappa shape index (κ2) is 5.65. The van der Waals surface area contributed by atoms with Crippen molar-refractivity contribution in [1.82, 2.24) is 14.5 Å². The topological polar surface area (TPSA) is 30.7 Å². The molecule has 3 aromatic rings. The molecule has 2 aromatic heterocycles. The van der Waals surface area contributed by atoms with Crippen LogP contribution in [-0.2, 0) is 13.2 Å². The monoisotopic (exact) mass is 267 g/mol. The summed E-state index contributed by atoms with van der Waals surface area (Å²) < 4.78 is 14.9. The van der Waals surface area contributed by atoms with Crippen LogP contribution in [0.25, 0.3) is 11.4 Å². The van der Waals surface area contributed by atoms with E-state index in [-0.39, 0.29) is 0 Å². The van der Waals surface area contributed by atoms with E-state index in [1.165, 1.54) is 0 Å². The van der Waals surface area contributed by atoms with Crippen molar-refractivity contribution in [3.8, 4) is 11.4 Å². The Labute approximate surface area is 116 Å². The zero-order valence-corrected chi connectivity index (χ0v) is 10.9. The van der Waals surface area contributed by atoms with Crippen LogP contribution >= 0.6 is 0 Å². The van der Waals surface area contributed by atoms with Crippen molar-refractivity contribution < 1.29 is 4.39 Å². The minimum atomic E-state index is -0.446. The summed E-state index contributed by atoms with van der Waals surface area (Å²) in [4.78, 5) is 8.61. The Morgan fingerprint density at radius 3 is 2.45 bits per heavy atom. The molecule has 0 saturated heterocycles.